The summed E-state index contributed by atoms with van der Waals surface area (Å²) in [5.74, 6) is 1.86. The molecular formula is C21H22N2O4. The summed E-state index contributed by atoms with van der Waals surface area (Å²) >= 11 is 0. The van der Waals surface area contributed by atoms with Crippen molar-refractivity contribution in [3.05, 3.63) is 53.2 Å². The highest BCUT2D eigenvalue weighted by atomic mass is 16.5. The lowest BCUT2D eigenvalue weighted by atomic mass is 10.1. The van der Waals surface area contributed by atoms with Gasteiger partial charge in [0, 0.05) is 34.6 Å². The molecule has 1 amide bonds. The summed E-state index contributed by atoms with van der Waals surface area (Å²) in [6.45, 7) is 0. The zero-order valence-corrected chi connectivity index (χ0v) is 15.6. The maximum Gasteiger partial charge on any atom is 0.251 e. The van der Waals surface area contributed by atoms with Crippen LogP contribution in [0.5, 0.6) is 17.2 Å². The summed E-state index contributed by atoms with van der Waals surface area (Å²) in [6, 6.07) is 11.3. The molecule has 6 nitrogen and oxygen atoms in total. The lowest BCUT2D eigenvalue weighted by molar-refractivity contribution is 0.0938. The van der Waals surface area contributed by atoms with E-state index in [1.54, 1.807) is 39.5 Å². The topological polar surface area (TPSA) is 72.6 Å². The minimum absolute atomic E-state index is 0.0578. The molecule has 0 spiro atoms. The second kappa shape index (κ2) is 6.87. The number of carbonyl (C=O) groups is 1. The van der Waals surface area contributed by atoms with Crippen molar-refractivity contribution in [1.29, 1.82) is 0 Å². The molecule has 1 atom stereocenters. The fourth-order valence-corrected chi connectivity index (χ4v) is 3.73. The zero-order valence-electron chi connectivity index (χ0n) is 15.6. The number of H-pyrrole nitrogens is 1. The monoisotopic (exact) mass is 366 g/mol. The number of nitrogens with one attached hydrogen (secondary N) is 2. The highest BCUT2D eigenvalue weighted by molar-refractivity contribution is 5.95. The molecule has 0 saturated heterocycles. The third-order valence-corrected chi connectivity index (χ3v) is 5.08. The number of hydrogen-bond acceptors (Lipinski definition) is 4. The van der Waals surface area contributed by atoms with Crippen LogP contribution in [0.4, 0.5) is 0 Å². The molecule has 6 heteroatoms. The van der Waals surface area contributed by atoms with Gasteiger partial charge in [-0.15, -0.1) is 0 Å². The Hall–Kier alpha value is -3.15. The van der Waals surface area contributed by atoms with Crippen molar-refractivity contribution in [1.82, 2.24) is 10.3 Å². The number of methoxy groups -OCH3 is 3. The second-order valence-electron chi connectivity index (χ2n) is 6.64. The Morgan fingerprint density at radius 2 is 1.81 bits per heavy atom. The second-order valence-corrected chi connectivity index (χ2v) is 6.64. The first kappa shape index (κ1) is 17.3. The molecule has 2 N–H and O–H groups in total. The number of rotatable bonds is 5. The minimum atomic E-state index is -0.118. The van der Waals surface area contributed by atoms with E-state index in [1.165, 1.54) is 11.3 Å². The van der Waals surface area contributed by atoms with Gasteiger partial charge in [0.15, 0.2) is 11.5 Å². The summed E-state index contributed by atoms with van der Waals surface area (Å²) < 4.78 is 15.8. The Morgan fingerprint density at radius 1 is 1.00 bits per heavy atom. The molecule has 1 aromatic heterocycles. The van der Waals surface area contributed by atoms with E-state index < -0.39 is 0 Å². The zero-order chi connectivity index (χ0) is 19.0. The van der Waals surface area contributed by atoms with E-state index in [-0.39, 0.29) is 11.9 Å². The Kier molecular flexibility index (Phi) is 4.39. The molecule has 0 bridgehead atoms. The predicted molar refractivity (Wildman–Crippen MR) is 103 cm³/mol. The molecule has 0 fully saturated rings. The molecule has 1 aliphatic rings. The molecule has 140 valence electrons. The van der Waals surface area contributed by atoms with E-state index >= 15 is 0 Å². The maximum absolute atomic E-state index is 12.7. The van der Waals surface area contributed by atoms with E-state index in [9.17, 15) is 4.79 Å². The van der Waals surface area contributed by atoms with Gasteiger partial charge in [-0.1, -0.05) is 0 Å². The van der Waals surface area contributed by atoms with Crippen LogP contribution >= 0.6 is 0 Å². The van der Waals surface area contributed by atoms with Crippen molar-refractivity contribution in [2.24, 2.45) is 0 Å². The first-order valence-electron chi connectivity index (χ1n) is 8.83. The van der Waals surface area contributed by atoms with E-state index in [1.807, 2.05) is 18.2 Å². The average molecular weight is 366 g/mol. The Labute approximate surface area is 157 Å². The van der Waals surface area contributed by atoms with Crippen molar-refractivity contribution < 1.29 is 19.0 Å². The molecule has 4 rings (SSSR count). The quantitative estimate of drug-likeness (QED) is 0.728. The lowest BCUT2D eigenvalue weighted by Crippen LogP contribution is -2.35. The van der Waals surface area contributed by atoms with Crippen molar-refractivity contribution in [3.8, 4) is 17.2 Å². The molecule has 0 saturated carbocycles. The lowest BCUT2D eigenvalue weighted by Gasteiger charge is -2.14. The van der Waals surface area contributed by atoms with E-state index in [4.69, 9.17) is 14.2 Å². The van der Waals surface area contributed by atoms with Crippen LogP contribution in [0.1, 0.15) is 21.6 Å². The third-order valence-electron chi connectivity index (χ3n) is 5.08. The van der Waals surface area contributed by atoms with Gasteiger partial charge in [-0.25, -0.2) is 0 Å². The van der Waals surface area contributed by atoms with Crippen LogP contribution in [0.2, 0.25) is 0 Å². The van der Waals surface area contributed by atoms with Gasteiger partial charge in [-0.3, -0.25) is 4.79 Å². The normalized spacial score (nSPS) is 15.4. The number of amides is 1. The van der Waals surface area contributed by atoms with Crippen LogP contribution in [0.15, 0.2) is 36.4 Å². The molecular weight excluding hydrogens is 344 g/mol. The van der Waals surface area contributed by atoms with Crippen LogP contribution in [0.3, 0.4) is 0 Å². The van der Waals surface area contributed by atoms with Crippen molar-refractivity contribution in [3.63, 3.8) is 0 Å². The van der Waals surface area contributed by atoms with Crippen LogP contribution in [0, 0.1) is 0 Å². The molecule has 27 heavy (non-hydrogen) atoms. The van der Waals surface area contributed by atoms with Crippen molar-refractivity contribution in [2.75, 3.05) is 21.3 Å². The smallest absolute Gasteiger partial charge is 0.251 e. The Bertz CT molecular complexity index is 1010. The van der Waals surface area contributed by atoms with Gasteiger partial charge in [0.25, 0.3) is 5.91 Å². The van der Waals surface area contributed by atoms with Gasteiger partial charge >= 0.3 is 0 Å². The molecule has 1 aliphatic carbocycles. The van der Waals surface area contributed by atoms with Gasteiger partial charge < -0.3 is 24.5 Å². The first-order chi connectivity index (χ1) is 13.1. The predicted octanol–water partition coefficient (Wildman–Crippen LogP) is 3.09. The molecule has 3 aromatic rings. The number of benzene rings is 2. The average Bonchev–Trinajstić information content (AvgIpc) is 3.23. The number of carbonyl (C=O) groups excluding carboxylic acids is 1. The van der Waals surface area contributed by atoms with Crippen molar-refractivity contribution >= 4 is 16.8 Å². The standard InChI is InChI=1S/C21H22N2O4/c1-25-14-5-6-17-16(11-14)15-9-13(10-18(15)23-17)22-21(24)12-4-7-19(26-2)20(8-12)27-3/h4-8,11,13,23H,9-10H2,1-3H3,(H,22,24). The van der Waals surface area contributed by atoms with Crippen LogP contribution in [-0.2, 0) is 12.8 Å². The first-order valence-corrected chi connectivity index (χ1v) is 8.83. The summed E-state index contributed by atoms with van der Waals surface area (Å²) in [6.07, 6.45) is 1.58. The number of hydrogen-bond donors (Lipinski definition) is 2. The summed E-state index contributed by atoms with van der Waals surface area (Å²) in [5.41, 5.74) is 4.08. The van der Waals surface area contributed by atoms with E-state index in [0.29, 0.717) is 17.1 Å². The number of ether oxygens (including phenoxy) is 3. The SMILES string of the molecule is COc1ccc2[nH]c3c(c2c1)CC(NC(=O)c1ccc(OC)c(OC)c1)C3. The third kappa shape index (κ3) is 3.07. The molecule has 0 aliphatic heterocycles. The van der Waals surface area contributed by atoms with Gasteiger partial charge in [0.05, 0.1) is 21.3 Å². The summed E-state index contributed by atoms with van der Waals surface area (Å²) in [7, 11) is 4.80. The molecule has 2 aromatic carbocycles. The van der Waals surface area contributed by atoms with Gasteiger partial charge in [0.1, 0.15) is 5.75 Å². The number of aromatic nitrogens is 1. The van der Waals surface area contributed by atoms with Crippen LogP contribution in [-0.4, -0.2) is 38.3 Å². The molecule has 0 radical (unpaired) electrons. The fraction of sp³-hybridized carbons (Fsp3) is 0.286. The van der Waals surface area contributed by atoms with Crippen LogP contribution < -0.4 is 19.5 Å². The highest BCUT2D eigenvalue weighted by Gasteiger charge is 2.27. The Morgan fingerprint density at radius 3 is 2.56 bits per heavy atom. The summed E-state index contributed by atoms with van der Waals surface area (Å²) in [5, 5.41) is 4.28. The van der Waals surface area contributed by atoms with Gasteiger partial charge in [0.2, 0.25) is 0 Å². The molecule has 1 unspecified atom stereocenters. The number of aromatic amines is 1. The highest BCUT2D eigenvalue weighted by Crippen LogP contribution is 2.33. The van der Waals surface area contributed by atoms with Gasteiger partial charge in [-0.2, -0.15) is 0 Å². The molecule has 1 heterocycles. The Balaban J connectivity index is 1.51. The van der Waals surface area contributed by atoms with Crippen LogP contribution in [0.25, 0.3) is 10.9 Å². The van der Waals surface area contributed by atoms with Crippen molar-refractivity contribution in [2.45, 2.75) is 18.9 Å². The summed E-state index contributed by atoms with van der Waals surface area (Å²) in [4.78, 5) is 16.1. The number of fused-ring (bicyclic) bond motifs is 3. The maximum atomic E-state index is 12.7. The fourth-order valence-electron chi connectivity index (χ4n) is 3.73. The van der Waals surface area contributed by atoms with E-state index in [0.717, 1.165) is 29.5 Å². The minimum Gasteiger partial charge on any atom is -0.497 e. The largest absolute Gasteiger partial charge is 0.497 e. The van der Waals surface area contributed by atoms with E-state index in [2.05, 4.69) is 10.3 Å². The van der Waals surface area contributed by atoms with Gasteiger partial charge in [-0.05, 0) is 48.4 Å².